The van der Waals surface area contributed by atoms with Crippen molar-refractivity contribution in [3.63, 3.8) is 0 Å². The minimum atomic E-state index is -0.573. The smallest absolute Gasteiger partial charge is 0.0881 e. The molecule has 0 aliphatic carbocycles. The molecule has 5 heteroatoms. The van der Waals surface area contributed by atoms with Gasteiger partial charge < -0.3 is 5.11 Å². The summed E-state index contributed by atoms with van der Waals surface area (Å²) in [4.78, 5) is 0. The fourth-order valence-electron chi connectivity index (χ4n) is 2.56. The number of pyridine rings is 1. The summed E-state index contributed by atoms with van der Waals surface area (Å²) in [5, 5.41) is 19.2. The second kappa shape index (κ2) is 5.09. The fourth-order valence-corrected chi connectivity index (χ4v) is 2.56. The van der Waals surface area contributed by atoms with Gasteiger partial charge in [-0.1, -0.05) is 6.07 Å². The second-order valence-corrected chi connectivity index (χ2v) is 4.94. The summed E-state index contributed by atoms with van der Waals surface area (Å²) >= 11 is 0. The van der Waals surface area contributed by atoms with E-state index in [4.69, 9.17) is 0 Å². The molecule has 3 aromatic rings. The molecule has 0 spiro atoms. The summed E-state index contributed by atoms with van der Waals surface area (Å²) in [6, 6.07) is 7.87. The highest BCUT2D eigenvalue weighted by Gasteiger charge is 2.16. The molecule has 1 atom stereocenters. The fraction of sp³-hybridized carbons (Fsp3) is 0.333. The van der Waals surface area contributed by atoms with Gasteiger partial charge in [-0.25, -0.2) is 4.52 Å². The Balaban J connectivity index is 1.91. The molecule has 0 amide bonds. The van der Waals surface area contributed by atoms with Crippen LogP contribution in [0.15, 0.2) is 36.7 Å². The molecule has 0 aliphatic rings. The minimum Gasteiger partial charge on any atom is -0.388 e. The largest absolute Gasteiger partial charge is 0.388 e. The summed E-state index contributed by atoms with van der Waals surface area (Å²) in [5.41, 5.74) is 3.83. The lowest BCUT2D eigenvalue weighted by atomic mass is 10.1. The average molecular weight is 270 g/mol. The van der Waals surface area contributed by atoms with Gasteiger partial charge in [-0.2, -0.15) is 10.2 Å². The van der Waals surface area contributed by atoms with Crippen molar-refractivity contribution in [2.24, 2.45) is 0 Å². The van der Waals surface area contributed by atoms with Gasteiger partial charge in [-0.15, -0.1) is 0 Å². The van der Waals surface area contributed by atoms with Gasteiger partial charge in [0.2, 0.25) is 0 Å². The number of fused-ring (bicyclic) bond motifs is 1. The molecule has 3 rings (SSSR count). The Hall–Kier alpha value is -2.14. The molecule has 0 saturated heterocycles. The van der Waals surface area contributed by atoms with Gasteiger partial charge in [0.1, 0.15) is 0 Å². The third kappa shape index (κ3) is 2.20. The Labute approximate surface area is 117 Å². The first kappa shape index (κ1) is 12.9. The number of nitrogens with zero attached hydrogens (tertiary/aromatic N) is 4. The summed E-state index contributed by atoms with van der Waals surface area (Å²) < 4.78 is 3.71. The molecule has 0 saturated carbocycles. The third-order valence-electron chi connectivity index (χ3n) is 3.50. The molecular weight excluding hydrogens is 252 g/mol. The van der Waals surface area contributed by atoms with E-state index in [0.717, 1.165) is 29.0 Å². The summed E-state index contributed by atoms with van der Waals surface area (Å²) in [7, 11) is 0. The van der Waals surface area contributed by atoms with Gasteiger partial charge >= 0.3 is 0 Å². The highest BCUT2D eigenvalue weighted by atomic mass is 16.3. The number of aliphatic hydroxyl groups excluding tert-OH is 1. The van der Waals surface area contributed by atoms with E-state index in [-0.39, 0.29) is 0 Å². The SMILES string of the molecule is CCn1nc(C)cc1CC(O)c1cnn2ccccc12. The van der Waals surface area contributed by atoms with Crippen LogP contribution in [-0.2, 0) is 13.0 Å². The van der Waals surface area contributed by atoms with Crippen LogP contribution in [0, 0.1) is 6.92 Å². The highest BCUT2D eigenvalue weighted by Crippen LogP contribution is 2.22. The monoisotopic (exact) mass is 270 g/mol. The van der Waals surface area contributed by atoms with Gasteiger partial charge in [0.25, 0.3) is 0 Å². The molecule has 0 aromatic carbocycles. The summed E-state index contributed by atoms with van der Waals surface area (Å²) in [6.07, 6.45) is 3.59. The van der Waals surface area contributed by atoms with E-state index in [9.17, 15) is 5.11 Å². The van der Waals surface area contributed by atoms with Crippen LogP contribution in [0.1, 0.15) is 30.0 Å². The number of aliphatic hydroxyl groups is 1. The first-order valence-electron chi connectivity index (χ1n) is 6.82. The zero-order valence-electron chi connectivity index (χ0n) is 11.7. The van der Waals surface area contributed by atoms with Crippen LogP contribution in [-0.4, -0.2) is 24.5 Å². The topological polar surface area (TPSA) is 55.3 Å². The maximum Gasteiger partial charge on any atom is 0.0881 e. The Morgan fingerprint density at radius 2 is 2.20 bits per heavy atom. The van der Waals surface area contributed by atoms with Crippen LogP contribution in [0.2, 0.25) is 0 Å². The first-order chi connectivity index (χ1) is 9.69. The highest BCUT2D eigenvalue weighted by molar-refractivity contribution is 5.54. The van der Waals surface area contributed by atoms with Crippen molar-refractivity contribution in [2.45, 2.75) is 32.9 Å². The molecule has 5 nitrogen and oxygen atoms in total. The molecular formula is C15H18N4O. The van der Waals surface area contributed by atoms with Crippen molar-refractivity contribution in [3.8, 4) is 0 Å². The van der Waals surface area contributed by atoms with E-state index in [0.29, 0.717) is 6.42 Å². The van der Waals surface area contributed by atoms with Crippen LogP contribution >= 0.6 is 0 Å². The van der Waals surface area contributed by atoms with Crippen molar-refractivity contribution >= 4 is 5.52 Å². The molecule has 104 valence electrons. The summed E-state index contributed by atoms with van der Waals surface area (Å²) in [6.45, 7) is 4.83. The molecule has 3 aromatic heterocycles. The molecule has 20 heavy (non-hydrogen) atoms. The number of rotatable bonds is 4. The third-order valence-corrected chi connectivity index (χ3v) is 3.50. The molecule has 1 N–H and O–H groups in total. The second-order valence-electron chi connectivity index (χ2n) is 4.94. The maximum atomic E-state index is 10.5. The Morgan fingerprint density at radius 1 is 1.35 bits per heavy atom. The molecule has 0 bridgehead atoms. The van der Waals surface area contributed by atoms with Crippen molar-refractivity contribution in [3.05, 3.63) is 53.6 Å². The van der Waals surface area contributed by atoms with Gasteiger partial charge in [0, 0.05) is 30.4 Å². The van der Waals surface area contributed by atoms with Crippen LogP contribution in [0.5, 0.6) is 0 Å². The quantitative estimate of drug-likeness (QED) is 0.790. The van der Waals surface area contributed by atoms with Crippen LogP contribution < -0.4 is 0 Å². The predicted octanol–water partition coefficient (Wildman–Crippen LogP) is 2.14. The number of aromatic nitrogens is 4. The average Bonchev–Trinajstić information content (AvgIpc) is 3.02. The van der Waals surface area contributed by atoms with Crippen molar-refractivity contribution in [1.82, 2.24) is 19.4 Å². The normalized spacial score (nSPS) is 12.9. The van der Waals surface area contributed by atoms with E-state index >= 15 is 0 Å². The summed E-state index contributed by atoms with van der Waals surface area (Å²) in [5.74, 6) is 0. The van der Waals surface area contributed by atoms with Gasteiger partial charge in [0.05, 0.1) is 23.5 Å². The van der Waals surface area contributed by atoms with Gasteiger partial charge in [-0.05, 0) is 32.0 Å². The first-order valence-corrected chi connectivity index (χ1v) is 6.82. The zero-order chi connectivity index (χ0) is 14.1. The van der Waals surface area contributed by atoms with E-state index in [2.05, 4.69) is 17.1 Å². The standard InChI is InChI=1S/C15H18N4O/c1-3-18-12(8-11(2)17-18)9-15(20)13-10-16-19-7-5-4-6-14(13)19/h4-8,10,15,20H,3,9H2,1-2H3. The van der Waals surface area contributed by atoms with Gasteiger partial charge in [0.15, 0.2) is 0 Å². The minimum absolute atomic E-state index is 0.547. The van der Waals surface area contributed by atoms with Crippen molar-refractivity contribution < 1.29 is 5.11 Å². The van der Waals surface area contributed by atoms with Crippen molar-refractivity contribution in [2.75, 3.05) is 0 Å². The van der Waals surface area contributed by atoms with Gasteiger partial charge in [-0.3, -0.25) is 4.68 Å². The number of hydrogen-bond donors (Lipinski definition) is 1. The van der Waals surface area contributed by atoms with E-state index in [1.54, 1.807) is 10.7 Å². The van der Waals surface area contributed by atoms with Crippen LogP contribution in [0.4, 0.5) is 0 Å². The van der Waals surface area contributed by atoms with E-state index < -0.39 is 6.10 Å². The zero-order valence-corrected chi connectivity index (χ0v) is 11.7. The van der Waals surface area contributed by atoms with Crippen molar-refractivity contribution in [1.29, 1.82) is 0 Å². The molecule has 0 fully saturated rings. The van der Waals surface area contributed by atoms with Crippen LogP contribution in [0.3, 0.4) is 0 Å². The maximum absolute atomic E-state index is 10.5. The Morgan fingerprint density at radius 3 is 3.00 bits per heavy atom. The molecule has 1 unspecified atom stereocenters. The predicted molar refractivity (Wildman–Crippen MR) is 76.5 cm³/mol. The number of hydrogen-bond acceptors (Lipinski definition) is 3. The molecule has 0 aliphatic heterocycles. The molecule has 3 heterocycles. The lowest BCUT2D eigenvalue weighted by Crippen LogP contribution is -2.08. The van der Waals surface area contributed by atoms with E-state index in [1.807, 2.05) is 42.1 Å². The Kier molecular flexibility index (Phi) is 3.28. The number of aryl methyl sites for hydroxylation is 2. The lowest BCUT2D eigenvalue weighted by Gasteiger charge is -2.10. The molecule has 0 radical (unpaired) electrons. The lowest BCUT2D eigenvalue weighted by molar-refractivity contribution is 0.177. The Bertz CT molecular complexity index is 728. The van der Waals surface area contributed by atoms with Crippen LogP contribution in [0.25, 0.3) is 5.52 Å². The van der Waals surface area contributed by atoms with E-state index in [1.165, 1.54) is 0 Å².